The van der Waals surface area contributed by atoms with Gasteiger partial charge in [-0.05, 0) is 18.6 Å². The summed E-state index contributed by atoms with van der Waals surface area (Å²) in [6, 6.07) is 7.98. The highest BCUT2D eigenvalue weighted by Gasteiger charge is 2.21. The third-order valence-corrected chi connectivity index (χ3v) is 3.29. The quantitative estimate of drug-likeness (QED) is 0.638. The van der Waals surface area contributed by atoms with Crippen molar-refractivity contribution in [2.24, 2.45) is 0 Å². The normalized spacial score (nSPS) is 15.4. The number of hydrogen-bond donors (Lipinski definition) is 0. The van der Waals surface area contributed by atoms with Crippen LogP contribution in [0, 0.1) is 0 Å². The summed E-state index contributed by atoms with van der Waals surface area (Å²) >= 11 is 0. The number of para-hydroxylation sites is 1. The maximum atomic E-state index is 5.87. The Morgan fingerprint density at radius 1 is 1.12 bits per heavy atom. The van der Waals surface area contributed by atoms with E-state index in [0.29, 0.717) is 0 Å². The Bertz CT molecular complexity index is 700. The van der Waals surface area contributed by atoms with Crippen LogP contribution in [0.25, 0.3) is 22.1 Å². The molecule has 3 heterocycles. The van der Waals surface area contributed by atoms with E-state index in [0.717, 1.165) is 41.0 Å². The van der Waals surface area contributed by atoms with Crippen LogP contribution >= 0.6 is 0 Å². The van der Waals surface area contributed by atoms with Crippen molar-refractivity contribution in [1.82, 2.24) is 9.97 Å². The third-order valence-electron chi connectivity index (χ3n) is 3.29. The second-order valence-corrected chi connectivity index (χ2v) is 4.31. The first-order valence-electron chi connectivity index (χ1n) is 5.81. The predicted molar refractivity (Wildman–Crippen MR) is 66.1 cm³/mol. The molecule has 0 atom stereocenters. The van der Waals surface area contributed by atoms with Gasteiger partial charge in [-0.2, -0.15) is 0 Å². The molecule has 0 radical (unpaired) electrons. The Balaban J connectivity index is 2.08. The van der Waals surface area contributed by atoms with Crippen molar-refractivity contribution in [3.05, 3.63) is 30.6 Å². The van der Waals surface area contributed by atoms with Gasteiger partial charge < -0.3 is 9.32 Å². The lowest BCUT2D eigenvalue weighted by Gasteiger charge is -2.31. The van der Waals surface area contributed by atoms with Gasteiger partial charge in [0.25, 0.3) is 0 Å². The van der Waals surface area contributed by atoms with Crippen LogP contribution in [-0.4, -0.2) is 23.1 Å². The van der Waals surface area contributed by atoms with E-state index >= 15 is 0 Å². The van der Waals surface area contributed by atoms with Gasteiger partial charge in [0.05, 0.1) is 0 Å². The monoisotopic (exact) mass is 225 g/mol. The highest BCUT2D eigenvalue weighted by molar-refractivity contribution is 6.05. The minimum Gasteiger partial charge on any atom is -0.450 e. The molecule has 84 valence electrons. The number of nitrogens with zero attached hydrogens (tertiary/aromatic N) is 3. The molecule has 0 spiro atoms. The van der Waals surface area contributed by atoms with E-state index in [1.807, 2.05) is 24.3 Å². The molecule has 0 bridgehead atoms. The van der Waals surface area contributed by atoms with Crippen LogP contribution in [0.5, 0.6) is 0 Å². The molecule has 3 aromatic rings. The summed E-state index contributed by atoms with van der Waals surface area (Å²) in [5, 5.41) is 1.06. The van der Waals surface area contributed by atoms with E-state index in [-0.39, 0.29) is 0 Å². The standard InChI is InChI=1S/C13H11N3O/c1-2-5-10-9(4-1)11-12(17-10)13(15-8-14-11)16-6-3-7-16/h1-2,4-5,8H,3,6-7H2. The van der Waals surface area contributed by atoms with Crippen molar-refractivity contribution in [3.63, 3.8) is 0 Å². The van der Waals surface area contributed by atoms with Crippen LogP contribution in [0.2, 0.25) is 0 Å². The van der Waals surface area contributed by atoms with Crippen LogP contribution in [0.15, 0.2) is 35.0 Å². The zero-order chi connectivity index (χ0) is 11.2. The van der Waals surface area contributed by atoms with Crippen molar-refractivity contribution in [2.75, 3.05) is 18.0 Å². The van der Waals surface area contributed by atoms with Crippen molar-refractivity contribution < 1.29 is 4.42 Å². The van der Waals surface area contributed by atoms with E-state index in [9.17, 15) is 0 Å². The van der Waals surface area contributed by atoms with E-state index in [2.05, 4.69) is 14.9 Å². The number of benzene rings is 1. The third kappa shape index (κ3) is 1.18. The summed E-state index contributed by atoms with van der Waals surface area (Å²) < 4.78 is 5.87. The first-order valence-corrected chi connectivity index (χ1v) is 5.81. The molecule has 1 aromatic carbocycles. The maximum absolute atomic E-state index is 5.87. The van der Waals surface area contributed by atoms with Crippen LogP contribution in [0.3, 0.4) is 0 Å². The first kappa shape index (κ1) is 8.98. The topological polar surface area (TPSA) is 42.2 Å². The molecule has 0 aliphatic carbocycles. The molecule has 1 aliphatic heterocycles. The van der Waals surface area contributed by atoms with Gasteiger partial charge in [-0.3, -0.25) is 0 Å². The Morgan fingerprint density at radius 3 is 2.82 bits per heavy atom. The second-order valence-electron chi connectivity index (χ2n) is 4.31. The summed E-state index contributed by atoms with van der Waals surface area (Å²) in [6.45, 7) is 2.12. The van der Waals surface area contributed by atoms with Crippen molar-refractivity contribution in [1.29, 1.82) is 0 Å². The van der Waals surface area contributed by atoms with Gasteiger partial charge in [0.2, 0.25) is 0 Å². The molecule has 17 heavy (non-hydrogen) atoms. The molecule has 0 unspecified atom stereocenters. The Kier molecular flexibility index (Phi) is 1.69. The molecule has 1 saturated heterocycles. The summed E-state index contributed by atoms with van der Waals surface area (Å²) in [6.07, 6.45) is 2.85. The molecule has 4 rings (SSSR count). The van der Waals surface area contributed by atoms with Crippen LogP contribution in [-0.2, 0) is 0 Å². The smallest absolute Gasteiger partial charge is 0.196 e. The van der Waals surface area contributed by atoms with Gasteiger partial charge in [-0.25, -0.2) is 9.97 Å². The fourth-order valence-corrected chi connectivity index (χ4v) is 2.26. The molecule has 2 aromatic heterocycles. The fraction of sp³-hybridized carbons (Fsp3) is 0.231. The van der Waals surface area contributed by atoms with Crippen molar-refractivity contribution in [3.8, 4) is 0 Å². The summed E-state index contributed by atoms with van der Waals surface area (Å²) in [5.74, 6) is 0.928. The lowest BCUT2D eigenvalue weighted by atomic mass is 10.2. The molecular formula is C13H11N3O. The number of furan rings is 1. The molecule has 4 heteroatoms. The van der Waals surface area contributed by atoms with Crippen LogP contribution in [0.4, 0.5) is 5.82 Å². The second kappa shape index (κ2) is 3.20. The van der Waals surface area contributed by atoms with Crippen LogP contribution in [0.1, 0.15) is 6.42 Å². The minimum absolute atomic E-state index is 0.813. The van der Waals surface area contributed by atoms with Gasteiger partial charge in [0, 0.05) is 18.5 Å². The van der Waals surface area contributed by atoms with Crippen LogP contribution < -0.4 is 4.90 Å². The molecule has 0 saturated carbocycles. The molecule has 1 aliphatic rings. The maximum Gasteiger partial charge on any atom is 0.196 e. The number of rotatable bonds is 1. The highest BCUT2D eigenvalue weighted by atomic mass is 16.3. The number of aromatic nitrogens is 2. The molecule has 0 amide bonds. The van der Waals surface area contributed by atoms with E-state index in [4.69, 9.17) is 4.42 Å². The zero-order valence-corrected chi connectivity index (χ0v) is 9.26. The molecule has 4 nitrogen and oxygen atoms in total. The zero-order valence-electron chi connectivity index (χ0n) is 9.26. The Hall–Kier alpha value is -2.10. The van der Waals surface area contributed by atoms with Crippen molar-refractivity contribution >= 4 is 27.9 Å². The fourth-order valence-electron chi connectivity index (χ4n) is 2.26. The molecular weight excluding hydrogens is 214 g/mol. The van der Waals surface area contributed by atoms with Crippen molar-refractivity contribution in [2.45, 2.75) is 6.42 Å². The summed E-state index contributed by atoms with van der Waals surface area (Å²) in [4.78, 5) is 10.9. The molecule has 0 N–H and O–H groups in total. The largest absolute Gasteiger partial charge is 0.450 e. The average molecular weight is 225 g/mol. The van der Waals surface area contributed by atoms with Gasteiger partial charge in [-0.1, -0.05) is 12.1 Å². The molecule has 1 fully saturated rings. The number of fused-ring (bicyclic) bond motifs is 3. The number of hydrogen-bond acceptors (Lipinski definition) is 4. The van der Waals surface area contributed by atoms with Gasteiger partial charge in [0.1, 0.15) is 17.4 Å². The van der Waals surface area contributed by atoms with Gasteiger partial charge in [-0.15, -0.1) is 0 Å². The summed E-state index contributed by atoms with van der Waals surface area (Å²) in [5.41, 5.74) is 2.61. The first-order chi connectivity index (χ1) is 8.43. The minimum atomic E-state index is 0.813. The average Bonchev–Trinajstić information content (AvgIpc) is 2.67. The van der Waals surface area contributed by atoms with E-state index in [1.165, 1.54) is 6.42 Å². The number of anilines is 1. The Labute approximate surface area is 97.9 Å². The van der Waals surface area contributed by atoms with Gasteiger partial charge >= 0.3 is 0 Å². The lowest BCUT2D eigenvalue weighted by molar-refractivity contribution is 0.597. The highest BCUT2D eigenvalue weighted by Crippen LogP contribution is 2.33. The summed E-state index contributed by atoms with van der Waals surface area (Å²) in [7, 11) is 0. The predicted octanol–water partition coefficient (Wildman–Crippen LogP) is 2.59. The lowest BCUT2D eigenvalue weighted by Crippen LogP contribution is -2.37. The van der Waals surface area contributed by atoms with E-state index < -0.39 is 0 Å². The van der Waals surface area contributed by atoms with E-state index in [1.54, 1.807) is 6.33 Å². The van der Waals surface area contributed by atoms with Gasteiger partial charge in [0.15, 0.2) is 11.4 Å². The SMILES string of the molecule is c1ccc2c(c1)oc1c(N3CCC3)ncnc12. The Morgan fingerprint density at radius 2 is 2.00 bits per heavy atom.